The minimum absolute atomic E-state index is 0.301. The average molecular weight is 250 g/mol. The maximum Gasteiger partial charge on any atom is 0.122 e. The van der Waals surface area contributed by atoms with Gasteiger partial charge in [0.2, 0.25) is 0 Å². The van der Waals surface area contributed by atoms with Crippen LogP contribution in [0.2, 0.25) is 0 Å². The van der Waals surface area contributed by atoms with Gasteiger partial charge in [0.05, 0.1) is 7.11 Å². The van der Waals surface area contributed by atoms with E-state index in [1.807, 2.05) is 0 Å². The van der Waals surface area contributed by atoms with Crippen LogP contribution in [0.15, 0.2) is 6.07 Å². The lowest BCUT2D eigenvalue weighted by atomic mass is 9.99. The molecule has 0 fully saturated rings. The van der Waals surface area contributed by atoms with Crippen molar-refractivity contribution in [3.63, 3.8) is 0 Å². The fourth-order valence-corrected chi connectivity index (χ4v) is 2.16. The van der Waals surface area contributed by atoms with Crippen LogP contribution in [0.4, 0.5) is 5.69 Å². The summed E-state index contributed by atoms with van der Waals surface area (Å²) in [6.07, 6.45) is 0. The van der Waals surface area contributed by atoms with Gasteiger partial charge in [0.1, 0.15) is 5.75 Å². The Balaban J connectivity index is 3.13. The van der Waals surface area contributed by atoms with Crippen molar-refractivity contribution < 1.29 is 4.74 Å². The molecule has 0 radical (unpaired) electrons. The first-order valence-corrected chi connectivity index (χ1v) is 6.53. The van der Waals surface area contributed by atoms with E-state index in [-0.39, 0.29) is 0 Å². The minimum Gasteiger partial charge on any atom is -0.496 e. The lowest BCUT2D eigenvalue weighted by Crippen LogP contribution is -2.34. The van der Waals surface area contributed by atoms with Crippen molar-refractivity contribution >= 4 is 5.69 Å². The third-order valence-electron chi connectivity index (χ3n) is 3.66. The molecule has 0 amide bonds. The van der Waals surface area contributed by atoms with Crippen LogP contribution in [0.25, 0.3) is 0 Å². The Morgan fingerprint density at radius 3 is 2.28 bits per heavy atom. The molecule has 0 aliphatic carbocycles. The quantitative estimate of drug-likeness (QED) is 0.844. The molecule has 0 bridgehead atoms. The van der Waals surface area contributed by atoms with Gasteiger partial charge in [-0.05, 0) is 49.4 Å². The number of methoxy groups -OCH3 is 1. The average Bonchev–Trinajstić information content (AvgIpc) is 2.33. The van der Waals surface area contributed by atoms with Crippen molar-refractivity contribution in [1.82, 2.24) is 0 Å². The van der Waals surface area contributed by atoms with Crippen molar-refractivity contribution in [3.8, 4) is 5.75 Å². The van der Waals surface area contributed by atoms with Gasteiger partial charge in [-0.2, -0.15) is 0 Å². The highest BCUT2D eigenvalue weighted by molar-refractivity contribution is 5.63. The molecule has 3 N–H and O–H groups in total. The molecular weight excluding hydrogens is 224 g/mol. The number of aryl methyl sites for hydroxylation is 1. The topological polar surface area (TPSA) is 47.3 Å². The molecule has 1 unspecified atom stereocenters. The van der Waals surface area contributed by atoms with Crippen LogP contribution in [-0.2, 0) is 0 Å². The van der Waals surface area contributed by atoms with Crippen molar-refractivity contribution in [1.29, 1.82) is 0 Å². The highest BCUT2D eigenvalue weighted by Gasteiger charge is 2.16. The van der Waals surface area contributed by atoms with Gasteiger partial charge in [0.25, 0.3) is 0 Å². The molecule has 0 aliphatic heterocycles. The van der Waals surface area contributed by atoms with E-state index in [2.05, 4.69) is 46.0 Å². The van der Waals surface area contributed by atoms with Gasteiger partial charge >= 0.3 is 0 Å². The van der Waals surface area contributed by atoms with E-state index in [0.29, 0.717) is 18.5 Å². The van der Waals surface area contributed by atoms with Crippen molar-refractivity contribution in [2.24, 2.45) is 11.7 Å². The zero-order valence-corrected chi connectivity index (χ0v) is 12.4. The van der Waals surface area contributed by atoms with Crippen LogP contribution < -0.4 is 15.8 Å². The zero-order valence-electron chi connectivity index (χ0n) is 12.4. The Morgan fingerprint density at radius 2 is 1.83 bits per heavy atom. The van der Waals surface area contributed by atoms with E-state index in [1.54, 1.807) is 7.11 Å². The highest BCUT2D eigenvalue weighted by Crippen LogP contribution is 2.31. The largest absolute Gasteiger partial charge is 0.496 e. The Kier molecular flexibility index (Phi) is 5.03. The van der Waals surface area contributed by atoms with Gasteiger partial charge in [-0.1, -0.05) is 13.8 Å². The van der Waals surface area contributed by atoms with Crippen LogP contribution in [0.3, 0.4) is 0 Å². The summed E-state index contributed by atoms with van der Waals surface area (Å²) in [7, 11) is 1.71. The zero-order chi connectivity index (χ0) is 13.9. The number of nitrogens with two attached hydrogens (primary N) is 1. The number of ether oxygens (including phenoxy) is 1. The Hall–Kier alpha value is -1.22. The summed E-state index contributed by atoms with van der Waals surface area (Å²) in [6, 6.07) is 2.38. The summed E-state index contributed by atoms with van der Waals surface area (Å²) in [5.74, 6) is 1.46. The molecule has 1 aromatic rings. The fraction of sp³-hybridized carbons (Fsp3) is 0.600. The third-order valence-corrected chi connectivity index (χ3v) is 3.66. The monoisotopic (exact) mass is 250 g/mol. The molecule has 18 heavy (non-hydrogen) atoms. The Labute approximate surface area is 111 Å². The van der Waals surface area contributed by atoms with Crippen LogP contribution >= 0.6 is 0 Å². The number of rotatable bonds is 5. The van der Waals surface area contributed by atoms with Crippen molar-refractivity contribution in [2.75, 3.05) is 19.0 Å². The molecule has 1 atom stereocenters. The van der Waals surface area contributed by atoms with E-state index in [4.69, 9.17) is 10.5 Å². The summed E-state index contributed by atoms with van der Waals surface area (Å²) in [5, 5.41) is 3.58. The summed E-state index contributed by atoms with van der Waals surface area (Å²) in [6.45, 7) is 11.3. The van der Waals surface area contributed by atoms with E-state index in [9.17, 15) is 0 Å². The summed E-state index contributed by atoms with van der Waals surface area (Å²) >= 11 is 0. The summed E-state index contributed by atoms with van der Waals surface area (Å²) in [5.41, 5.74) is 10.7. The Morgan fingerprint density at radius 1 is 1.22 bits per heavy atom. The first-order valence-electron chi connectivity index (χ1n) is 6.53. The Bertz CT molecular complexity index is 413. The predicted octanol–water partition coefficient (Wildman–Crippen LogP) is 3.02. The van der Waals surface area contributed by atoms with Gasteiger partial charge in [0.15, 0.2) is 0 Å². The molecule has 0 spiro atoms. The van der Waals surface area contributed by atoms with E-state index in [1.165, 1.54) is 22.4 Å². The maximum atomic E-state index is 5.83. The lowest BCUT2D eigenvalue weighted by Gasteiger charge is -2.25. The molecule has 1 aromatic carbocycles. The van der Waals surface area contributed by atoms with E-state index in [0.717, 1.165) is 5.75 Å². The van der Waals surface area contributed by atoms with Crippen LogP contribution in [-0.4, -0.2) is 19.7 Å². The number of hydrogen-bond donors (Lipinski definition) is 2. The molecule has 3 heteroatoms. The van der Waals surface area contributed by atoms with Crippen LogP contribution in [0, 0.1) is 26.7 Å². The predicted molar refractivity (Wildman–Crippen MR) is 78.5 cm³/mol. The number of nitrogens with one attached hydrogen (secondary N) is 1. The van der Waals surface area contributed by atoms with Gasteiger partial charge in [0, 0.05) is 18.3 Å². The maximum absolute atomic E-state index is 5.83. The normalized spacial score (nSPS) is 12.7. The summed E-state index contributed by atoms with van der Waals surface area (Å²) in [4.78, 5) is 0. The van der Waals surface area contributed by atoms with Gasteiger partial charge in [-0.15, -0.1) is 0 Å². The van der Waals surface area contributed by atoms with Gasteiger partial charge < -0.3 is 15.8 Å². The molecule has 0 saturated heterocycles. The van der Waals surface area contributed by atoms with Crippen molar-refractivity contribution in [2.45, 2.75) is 40.7 Å². The second-order valence-electron chi connectivity index (χ2n) is 5.25. The molecule has 0 heterocycles. The molecule has 1 rings (SSSR count). The molecule has 0 aromatic heterocycles. The molecular formula is C15H26N2O. The fourth-order valence-electron chi connectivity index (χ4n) is 2.16. The molecule has 0 saturated carbocycles. The molecule has 0 aliphatic rings. The smallest absolute Gasteiger partial charge is 0.122 e. The lowest BCUT2D eigenvalue weighted by molar-refractivity contribution is 0.411. The van der Waals surface area contributed by atoms with Crippen LogP contribution in [0.1, 0.15) is 30.5 Å². The number of hydrogen-bond acceptors (Lipinski definition) is 3. The molecule has 102 valence electrons. The highest BCUT2D eigenvalue weighted by atomic mass is 16.5. The summed E-state index contributed by atoms with van der Waals surface area (Å²) < 4.78 is 5.39. The third kappa shape index (κ3) is 2.96. The first-order chi connectivity index (χ1) is 8.42. The first kappa shape index (κ1) is 14.8. The van der Waals surface area contributed by atoms with Gasteiger partial charge in [-0.3, -0.25) is 0 Å². The number of anilines is 1. The van der Waals surface area contributed by atoms with E-state index >= 15 is 0 Å². The van der Waals surface area contributed by atoms with Crippen LogP contribution in [0.5, 0.6) is 5.75 Å². The minimum atomic E-state index is 0.301. The molecule has 3 nitrogen and oxygen atoms in total. The van der Waals surface area contributed by atoms with Crippen molar-refractivity contribution in [3.05, 3.63) is 22.8 Å². The van der Waals surface area contributed by atoms with E-state index < -0.39 is 0 Å². The number of benzene rings is 1. The second-order valence-corrected chi connectivity index (χ2v) is 5.25. The standard InChI is InChI=1S/C15H26N2O/c1-9(2)13(8-16)17-15-10(3)7-14(18-6)11(4)12(15)5/h7,9,13,17H,8,16H2,1-6H3. The van der Waals surface area contributed by atoms with Gasteiger partial charge in [-0.25, -0.2) is 0 Å². The SMILES string of the molecule is COc1cc(C)c(NC(CN)C(C)C)c(C)c1C. The second kappa shape index (κ2) is 6.10.